The van der Waals surface area contributed by atoms with Crippen LogP contribution in [0.2, 0.25) is 0 Å². The van der Waals surface area contributed by atoms with Gasteiger partial charge in [-0.1, -0.05) is 0 Å². The third kappa shape index (κ3) is 2.50. The zero-order valence-corrected chi connectivity index (χ0v) is 12.3. The number of oxazole rings is 1. The van der Waals surface area contributed by atoms with Crippen molar-refractivity contribution in [2.24, 2.45) is 0 Å². The van der Waals surface area contributed by atoms with E-state index in [1.165, 1.54) is 30.5 Å². The molecule has 1 N–H and O–H groups in total. The van der Waals surface area contributed by atoms with Crippen LogP contribution in [0.4, 0.5) is 5.69 Å². The largest absolute Gasteiger partial charge is 0.451 e. The number of imidazole rings is 1. The van der Waals surface area contributed by atoms with Crippen LogP contribution in [-0.4, -0.2) is 14.5 Å². The molecule has 3 heterocycles. The molecule has 22 heavy (non-hydrogen) atoms. The van der Waals surface area contributed by atoms with E-state index in [2.05, 4.69) is 44.1 Å². The Kier molecular flexibility index (Phi) is 3.39. The van der Waals surface area contributed by atoms with E-state index in [4.69, 9.17) is 4.42 Å². The van der Waals surface area contributed by atoms with Crippen molar-refractivity contribution in [3.05, 3.63) is 54.5 Å². The van der Waals surface area contributed by atoms with Crippen molar-refractivity contribution in [2.75, 3.05) is 5.32 Å². The molecule has 0 saturated carbocycles. The van der Waals surface area contributed by atoms with E-state index < -0.39 is 0 Å². The summed E-state index contributed by atoms with van der Waals surface area (Å²) in [6, 6.07) is 8.41. The van der Waals surface area contributed by atoms with Gasteiger partial charge < -0.3 is 14.3 Å². The highest BCUT2D eigenvalue weighted by Crippen LogP contribution is 2.25. The van der Waals surface area contributed by atoms with Gasteiger partial charge in [-0.25, -0.2) is 9.97 Å². The second-order valence-electron chi connectivity index (χ2n) is 5.59. The summed E-state index contributed by atoms with van der Waals surface area (Å²) in [7, 11) is 0. The minimum atomic E-state index is 0.661. The maximum atomic E-state index is 4.96. The van der Waals surface area contributed by atoms with Gasteiger partial charge in [0.05, 0.1) is 12.2 Å². The van der Waals surface area contributed by atoms with Gasteiger partial charge in [-0.05, 0) is 43.5 Å². The topological polar surface area (TPSA) is 55.9 Å². The maximum Gasteiger partial charge on any atom is 0.180 e. The number of nitrogens with zero attached hydrogens (tertiary/aromatic N) is 3. The van der Waals surface area contributed by atoms with Crippen molar-refractivity contribution in [1.29, 1.82) is 0 Å². The van der Waals surface area contributed by atoms with Gasteiger partial charge in [-0.2, -0.15) is 0 Å². The third-order valence-corrected chi connectivity index (χ3v) is 4.10. The standard InChI is InChI=1S/C17H18N4O/c1-2-8-21-16(3-1)10-19-17(21)13-4-6-14(7-5-13)18-9-15-11-22-12-20-15/h4-7,10-12,18H,1-3,8-9H2. The van der Waals surface area contributed by atoms with E-state index in [1.807, 2.05) is 6.20 Å². The first-order valence-electron chi connectivity index (χ1n) is 7.66. The normalized spacial score (nSPS) is 13.8. The predicted octanol–water partition coefficient (Wildman–Crippen LogP) is 3.49. The summed E-state index contributed by atoms with van der Waals surface area (Å²) in [6.45, 7) is 1.74. The van der Waals surface area contributed by atoms with Crippen LogP contribution < -0.4 is 5.32 Å². The number of nitrogens with one attached hydrogen (secondary N) is 1. The highest BCUT2D eigenvalue weighted by Gasteiger charge is 2.14. The summed E-state index contributed by atoms with van der Waals surface area (Å²) in [5.74, 6) is 1.08. The molecule has 1 aromatic carbocycles. The number of benzene rings is 1. The Morgan fingerprint density at radius 2 is 2.05 bits per heavy atom. The van der Waals surface area contributed by atoms with Crippen LogP contribution in [0.1, 0.15) is 24.2 Å². The Hall–Kier alpha value is -2.56. The highest BCUT2D eigenvalue weighted by atomic mass is 16.3. The molecule has 0 atom stereocenters. The Morgan fingerprint density at radius 1 is 1.14 bits per heavy atom. The molecule has 0 aliphatic carbocycles. The monoisotopic (exact) mass is 294 g/mol. The molecule has 0 radical (unpaired) electrons. The predicted molar refractivity (Wildman–Crippen MR) is 84.4 cm³/mol. The summed E-state index contributed by atoms with van der Waals surface area (Å²) < 4.78 is 7.31. The second-order valence-corrected chi connectivity index (χ2v) is 5.59. The van der Waals surface area contributed by atoms with Crippen molar-refractivity contribution in [3.63, 3.8) is 0 Å². The fraction of sp³-hybridized carbons (Fsp3) is 0.294. The molecule has 5 heteroatoms. The van der Waals surface area contributed by atoms with Crippen LogP contribution in [0.15, 0.2) is 47.5 Å². The Bertz CT molecular complexity index is 744. The second kappa shape index (κ2) is 5.67. The van der Waals surface area contributed by atoms with Crippen LogP contribution in [0.5, 0.6) is 0 Å². The average Bonchev–Trinajstić information content (AvgIpc) is 3.23. The van der Waals surface area contributed by atoms with Gasteiger partial charge in [0.15, 0.2) is 6.39 Å². The van der Waals surface area contributed by atoms with Gasteiger partial charge >= 0.3 is 0 Å². The van der Waals surface area contributed by atoms with E-state index in [-0.39, 0.29) is 0 Å². The van der Waals surface area contributed by atoms with Crippen LogP contribution in [0.25, 0.3) is 11.4 Å². The maximum absolute atomic E-state index is 4.96. The fourth-order valence-corrected chi connectivity index (χ4v) is 2.92. The molecule has 0 amide bonds. The van der Waals surface area contributed by atoms with Crippen LogP contribution >= 0.6 is 0 Å². The smallest absolute Gasteiger partial charge is 0.180 e. The molecule has 0 unspecified atom stereocenters. The summed E-state index contributed by atoms with van der Waals surface area (Å²) in [4.78, 5) is 8.70. The minimum absolute atomic E-state index is 0.661. The molecular weight excluding hydrogens is 276 g/mol. The Labute approximate surface area is 129 Å². The molecule has 0 fully saturated rings. The number of hydrogen-bond donors (Lipinski definition) is 1. The SMILES string of the molecule is c1nc(CNc2ccc(-c3ncc4n3CCCC4)cc2)co1. The number of aryl methyl sites for hydroxylation is 1. The van der Waals surface area contributed by atoms with Crippen molar-refractivity contribution in [3.8, 4) is 11.4 Å². The minimum Gasteiger partial charge on any atom is -0.451 e. The molecule has 5 nitrogen and oxygen atoms in total. The van der Waals surface area contributed by atoms with Crippen molar-refractivity contribution < 1.29 is 4.42 Å². The zero-order chi connectivity index (χ0) is 14.8. The first-order chi connectivity index (χ1) is 10.9. The number of aromatic nitrogens is 3. The molecule has 3 aromatic rings. The molecule has 0 saturated heterocycles. The fourth-order valence-electron chi connectivity index (χ4n) is 2.92. The van der Waals surface area contributed by atoms with Gasteiger partial charge in [0.2, 0.25) is 0 Å². The van der Waals surface area contributed by atoms with E-state index in [1.54, 1.807) is 6.26 Å². The van der Waals surface area contributed by atoms with Crippen LogP contribution in [0, 0.1) is 0 Å². The molecule has 0 spiro atoms. The molecule has 0 bridgehead atoms. The van der Waals surface area contributed by atoms with Gasteiger partial charge in [-0.15, -0.1) is 0 Å². The average molecular weight is 294 g/mol. The molecule has 112 valence electrons. The Balaban J connectivity index is 1.51. The summed E-state index contributed by atoms with van der Waals surface area (Å²) in [6.07, 6.45) is 8.78. The van der Waals surface area contributed by atoms with Crippen LogP contribution in [-0.2, 0) is 19.5 Å². The lowest BCUT2D eigenvalue weighted by Crippen LogP contribution is -2.10. The summed E-state index contributed by atoms with van der Waals surface area (Å²) in [5.41, 5.74) is 4.48. The first kappa shape index (κ1) is 13.1. The van der Waals surface area contributed by atoms with Gasteiger partial charge in [0, 0.05) is 29.7 Å². The van der Waals surface area contributed by atoms with E-state index in [0.29, 0.717) is 6.54 Å². The lowest BCUT2D eigenvalue weighted by Gasteiger charge is -2.16. The van der Waals surface area contributed by atoms with Gasteiger partial charge in [0.25, 0.3) is 0 Å². The number of hydrogen-bond acceptors (Lipinski definition) is 4. The number of rotatable bonds is 4. The van der Waals surface area contributed by atoms with E-state index in [9.17, 15) is 0 Å². The van der Waals surface area contributed by atoms with E-state index in [0.717, 1.165) is 30.2 Å². The highest BCUT2D eigenvalue weighted by molar-refractivity contribution is 5.60. The van der Waals surface area contributed by atoms with Crippen molar-refractivity contribution in [1.82, 2.24) is 14.5 Å². The molecular formula is C17H18N4O. The van der Waals surface area contributed by atoms with Crippen molar-refractivity contribution in [2.45, 2.75) is 32.4 Å². The van der Waals surface area contributed by atoms with Gasteiger partial charge in [-0.3, -0.25) is 0 Å². The Morgan fingerprint density at radius 3 is 2.86 bits per heavy atom. The lowest BCUT2D eigenvalue weighted by molar-refractivity contribution is 0.536. The third-order valence-electron chi connectivity index (χ3n) is 4.10. The molecule has 1 aliphatic heterocycles. The summed E-state index contributed by atoms with van der Waals surface area (Å²) >= 11 is 0. The molecule has 1 aliphatic rings. The number of anilines is 1. The first-order valence-corrected chi connectivity index (χ1v) is 7.66. The van der Waals surface area contributed by atoms with Gasteiger partial charge in [0.1, 0.15) is 12.1 Å². The zero-order valence-electron chi connectivity index (χ0n) is 12.3. The summed E-state index contributed by atoms with van der Waals surface area (Å²) in [5, 5.41) is 3.33. The lowest BCUT2D eigenvalue weighted by atomic mass is 10.1. The van der Waals surface area contributed by atoms with Crippen molar-refractivity contribution >= 4 is 5.69 Å². The molecule has 2 aromatic heterocycles. The van der Waals surface area contributed by atoms with Crippen LogP contribution in [0.3, 0.4) is 0 Å². The quantitative estimate of drug-likeness (QED) is 0.800. The molecule has 4 rings (SSSR count). The number of fused-ring (bicyclic) bond motifs is 1. The van der Waals surface area contributed by atoms with E-state index >= 15 is 0 Å².